The number of carbonyl (C=O) groups is 1. The first-order valence-corrected chi connectivity index (χ1v) is 5.73. The van der Waals surface area contributed by atoms with Crippen LogP contribution in [0.25, 0.3) is 0 Å². The van der Waals surface area contributed by atoms with Crippen molar-refractivity contribution in [2.24, 2.45) is 17.3 Å². The van der Waals surface area contributed by atoms with Gasteiger partial charge in [-0.15, -0.1) is 0 Å². The topological polar surface area (TPSA) is 17.1 Å². The summed E-state index contributed by atoms with van der Waals surface area (Å²) in [4.78, 5) is 11.1. The molecule has 0 N–H and O–H groups in total. The predicted molar refractivity (Wildman–Crippen MR) is 56.0 cm³/mol. The summed E-state index contributed by atoms with van der Waals surface area (Å²) in [5, 5.41) is 0. The van der Waals surface area contributed by atoms with Crippen LogP contribution in [-0.4, -0.2) is 12.0 Å². The molecule has 1 saturated carbocycles. The molecule has 0 spiro atoms. The van der Waals surface area contributed by atoms with Gasteiger partial charge in [-0.1, -0.05) is 20.8 Å². The van der Waals surface area contributed by atoms with Crippen molar-refractivity contribution >= 4 is 5.78 Å². The van der Waals surface area contributed by atoms with Gasteiger partial charge in [0, 0.05) is 5.92 Å². The van der Waals surface area contributed by atoms with E-state index in [9.17, 15) is 18.0 Å². The lowest BCUT2D eigenvalue weighted by atomic mass is 9.69. The molecule has 0 atom stereocenters. The number of carbonyl (C=O) groups excluding carboxylic acids is 1. The van der Waals surface area contributed by atoms with Crippen molar-refractivity contribution in [2.45, 2.75) is 52.6 Å². The van der Waals surface area contributed by atoms with Gasteiger partial charge in [0.2, 0.25) is 5.78 Å². The Hall–Kier alpha value is -0.540. The fourth-order valence-electron chi connectivity index (χ4n) is 2.45. The van der Waals surface area contributed by atoms with Gasteiger partial charge < -0.3 is 0 Å². The van der Waals surface area contributed by atoms with Crippen molar-refractivity contribution in [3.63, 3.8) is 0 Å². The lowest BCUT2D eigenvalue weighted by molar-refractivity contribution is -0.177. The van der Waals surface area contributed by atoms with Gasteiger partial charge in [-0.25, -0.2) is 0 Å². The zero-order valence-corrected chi connectivity index (χ0v) is 10.0. The molecular formula is C12H19F3O. The van der Waals surface area contributed by atoms with Crippen LogP contribution < -0.4 is 0 Å². The lowest BCUT2D eigenvalue weighted by Gasteiger charge is -2.36. The molecule has 0 aliphatic heterocycles. The molecule has 94 valence electrons. The van der Waals surface area contributed by atoms with E-state index in [0.29, 0.717) is 18.8 Å². The standard InChI is InChI=1S/C12H19F3O/c1-11(2,3)9-6-4-8(5-7-9)10(16)12(13,14)15/h8-9H,4-7H2,1-3H3. The molecular weight excluding hydrogens is 217 g/mol. The predicted octanol–water partition coefficient (Wildman–Crippen LogP) is 3.97. The SMILES string of the molecule is CC(C)(C)C1CCC(C(=O)C(F)(F)F)CC1. The van der Waals surface area contributed by atoms with E-state index >= 15 is 0 Å². The summed E-state index contributed by atoms with van der Waals surface area (Å²) in [7, 11) is 0. The maximum atomic E-state index is 12.2. The largest absolute Gasteiger partial charge is 0.450 e. The van der Waals surface area contributed by atoms with Crippen LogP contribution in [0.5, 0.6) is 0 Å². The lowest BCUT2D eigenvalue weighted by Crippen LogP contribution is -2.35. The molecule has 4 heteroatoms. The summed E-state index contributed by atoms with van der Waals surface area (Å²) in [5.41, 5.74) is 0.131. The Morgan fingerprint density at radius 2 is 1.44 bits per heavy atom. The van der Waals surface area contributed by atoms with Gasteiger partial charge in [0.25, 0.3) is 0 Å². The van der Waals surface area contributed by atoms with Crippen molar-refractivity contribution in [1.29, 1.82) is 0 Å². The highest BCUT2D eigenvalue weighted by molar-refractivity contribution is 5.86. The van der Waals surface area contributed by atoms with Crippen molar-refractivity contribution in [1.82, 2.24) is 0 Å². The van der Waals surface area contributed by atoms with Crippen LogP contribution in [0.2, 0.25) is 0 Å². The molecule has 0 aromatic carbocycles. The first-order chi connectivity index (χ1) is 7.12. The Morgan fingerprint density at radius 1 is 1.00 bits per heavy atom. The van der Waals surface area contributed by atoms with Crippen molar-refractivity contribution in [2.75, 3.05) is 0 Å². The molecule has 1 fully saturated rings. The van der Waals surface area contributed by atoms with Gasteiger partial charge in [0.1, 0.15) is 0 Å². The zero-order chi connectivity index (χ0) is 12.6. The number of alkyl halides is 3. The van der Waals surface area contributed by atoms with Gasteiger partial charge in [-0.3, -0.25) is 4.79 Å². The first-order valence-electron chi connectivity index (χ1n) is 5.73. The maximum Gasteiger partial charge on any atom is 0.450 e. The smallest absolute Gasteiger partial charge is 0.289 e. The zero-order valence-electron chi connectivity index (χ0n) is 10.0. The van der Waals surface area contributed by atoms with Crippen molar-refractivity contribution < 1.29 is 18.0 Å². The highest BCUT2D eigenvalue weighted by Crippen LogP contribution is 2.41. The van der Waals surface area contributed by atoms with Gasteiger partial charge in [-0.05, 0) is 37.0 Å². The number of Topliss-reactive ketones (excluding diaryl/α,β-unsaturated/α-hetero) is 1. The second-order valence-electron chi connectivity index (χ2n) is 5.78. The van der Waals surface area contributed by atoms with Crippen molar-refractivity contribution in [3.8, 4) is 0 Å². The Morgan fingerprint density at radius 3 is 1.75 bits per heavy atom. The molecule has 0 amide bonds. The minimum atomic E-state index is -4.65. The molecule has 0 bridgehead atoms. The van der Waals surface area contributed by atoms with Crippen LogP contribution in [-0.2, 0) is 4.79 Å². The first kappa shape index (κ1) is 13.5. The molecule has 0 heterocycles. The fraction of sp³-hybridized carbons (Fsp3) is 0.917. The Balaban J connectivity index is 2.53. The number of rotatable bonds is 1. The highest BCUT2D eigenvalue weighted by Gasteiger charge is 2.44. The van der Waals surface area contributed by atoms with E-state index in [1.807, 2.05) is 0 Å². The van der Waals surface area contributed by atoms with E-state index in [1.165, 1.54) is 0 Å². The van der Waals surface area contributed by atoms with E-state index in [1.54, 1.807) is 0 Å². The molecule has 0 radical (unpaired) electrons. The third-order valence-electron chi connectivity index (χ3n) is 3.60. The average Bonchev–Trinajstić information content (AvgIpc) is 2.14. The maximum absolute atomic E-state index is 12.2. The van der Waals surface area contributed by atoms with Gasteiger partial charge in [-0.2, -0.15) is 13.2 Å². The molecule has 0 unspecified atom stereocenters. The summed E-state index contributed by atoms with van der Waals surface area (Å²) < 4.78 is 36.6. The summed E-state index contributed by atoms with van der Waals surface area (Å²) in [6, 6.07) is 0. The van der Waals surface area contributed by atoms with Gasteiger partial charge in [0.15, 0.2) is 0 Å². The van der Waals surface area contributed by atoms with Crippen LogP contribution in [0.3, 0.4) is 0 Å². The molecule has 16 heavy (non-hydrogen) atoms. The van der Waals surface area contributed by atoms with E-state index in [-0.39, 0.29) is 5.41 Å². The Labute approximate surface area is 94.4 Å². The van der Waals surface area contributed by atoms with Crippen LogP contribution in [0, 0.1) is 17.3 Å². The van der Waals surface area contributed by atoms with E-state index in [2.05, 4.69) is 20.8 Å². The average molecular weight is 236 g/mol. The van der Waals surface area contributed by atoms with Gasteiger partial charge in [0.05, 0.1) is 0 Å². The van der Waals surface area contributed by atoms with Crippen LogP contribution in [0.1, 0.15) is 46.5 Å². The second kappa shape index (κ2) is 4.38. The van der Waals surface area contributed by atoms with E-state index < -0.39 is 17.9 Å². The van der Waals surface area contributed by atoms with Crippen LogP contribution in [0.4, 0.5) is 13.2 Å². The minimum Gasteiger partial charge on any atom is -0.289 e. The third kappa shape index (κ3) is 3.22. The molecule has 1 aliphatic carbocycles. The summed E-state index contributed by atoms with van der Waals surface area (Å²) in [6.07, 6.45) is -2.41. The molecule has 1 rings (SSSR count). The number of ketones is 1. The number of hydrogen-bond donors (Lipinski definition) is 0. The minimum absolute atomic E-state index is 0.131. The Bertz CT molecular complexity index is 254. The molecule has 1 nitrogen and oxygen atoms in total. The molecule has 0 aromatic rings. The van der Waals surface area contributed by atoms with Crippen LogP contribution in [0.15, 0.2) is 0 Å². The molecule has 1 aliphatic rings. The fourth-order valence-corrected chi connectivity index (χ4v) is 2.45. The third-order valence-corrected chi connectivity index (χ3v) is 3.60. The molecule has 0 aromatic heterocycles. The number of halogens is 3. The monoisotopic (exact) mass is 236 g/mol. The number of hydrogen-bond acceptors (Lipinski definition) is 1. The second-order valence-corrected chi connectivity index (χ2v) is 5.78. The van der Waals surface area contributed by atoms with Gasteiger partial charge >= 0.3 is 6.18 Å². The quantitative estimate of drug-likeness (QED) is 0.673. The summed E-state index contributed by atoms with van der Waals surface area (Å²) in [6.45, 7) is 6.30. The normalized spacial score (nSPS) is 27.9. The highest BCUT2D eigenvalue weighted by atomic mass is 19.4. The van der Waals surface area contributed by atoms with E-state index in [0.717, 1.165) is 12.8 Å². The van der Waals surface area contributed by atoms with E-state index in [4.69, 9.17) is 0 Å². The molecule has 0 saturated heterocycles. The summed E-state index contributed by atoms with van der Waals surface area (Å²) in [5.74, 6) is -1.89. The Kier molecular flexibility index (Phi) is 3.70. The van der Waals surface area contributed by atoms with Crippen LogP contribution >= 0.6 is 0 Å². The van der Waals surface area contributed by atoms with Crippen molar-refractivity contribution in [3.05, 3.63) is 0 Å². The summed E-state index contributed by atoms with van der Waals surface area (Å²) >= 11 is 0.